The minimum Gasteiger partial charge on any atom is -0.460 e. The van der Waals surface area contributed by atoms with Gasteiger partial charge in [-0.2, -0.15) is 0 Å². The van der Waals surface area contributed by atoms with Crippen molar-refractivity contribution in [2.75, 3.05) is 18.5 Å². The number of hydrogen-bond acceptors (Lipinski definition) is 6. The predicted octanol–water partition coefficient (Wildman–Crippen LogP) is 2.87. The molecule has 0 fully saturated rings. The summed E-state index contributed by atoms with van der Waals surface area (Å²) >= 11 is 0. The fourth-order valence-electron chi connectivity index (χ4n) is 2.09. The number of rotatable bonds is 6. The van der Waals surface area contributed by atoms with Crippen molar-refractivity contribution < 1.29 is 23.9 Å². The van der Waals surface area contributed by atoms with Crippen molar-refractivity contribution in [3.05, 3.63) is 29.8 Å². The van der Waals surface area contributed by atoms with Gasteiger partial charge in [0.25, 0.3) is 0 Å². The zero-order valence-electron chi connectivity index (χ0n) is 16.3. The number of likely N-dealkylation sites (N-methyl/N-ethyl adjacent to an activating group) is 1. The minimum atomic E-state index is -0.800. The van der Waals surface area contributed by atoms with Crippen molar-refractivity contribution in [1.29, 1.82) is 0 Å². The summed E-state index contributed by atoms with van der Waals surface area (Å²) in [7, 11) is 1.64. The molecule has 0 spiro atoms. The molecule has 0 heterocycles. The first kappa shape index (κ1) is 21.6. The van der Waals surface area contributed by atoms with Gasteiger partial charge >= 0.3 is 12.1 Å². The summed E-state index contributed by atoms with van der Waals surface area (Å²) in [6.45, 7) is 8.61. The second-order valence-corrected chi connectivity index (χ2v) is 7.14. The molecule has 26 heavy (non-hydrogen) atoms. The van der Waals surface area contributed by atoms with Crippen molar-refractivity contribution >= 4 is 23.7 Å². The normalized spacial score (nSPS) is 11.2. The number of nitrogens with zero attached hydrogens (tertiary/aromatic N) is 1. The van der Waals surface area contributed by atoms with E-state index in [0.29, 0.717) is 11.3 Å². The fraction of sp³-hybridized carbons (Fsp3) is 0.526. The van der Waals surface area contributed by atoms with Gasteiger partial charge in [-0.3, -0.25) is 9.59 Å². The molecule has 7 nitrogen and oxygen atoms in total. The monoisotopic (exact) mass is 364 g/mol. The van der Waals surface area contributed by atoms with Gasteiger partial charge in [0, 0.05) is 11.0 Å². The second kappa shape index (κ2) is 9.33. The third kappa shape index (κ3) is 6.15. The van der Waals surface area contributed by atoms with Gasteiger partial charge in [0.15, 0.2) is 0 Å². The van der Waals surface area contributed by atoms with E-state index >= 15 is 0 Å². The average Bonchev–Trinajstić information content (AvgIpc) is 2.52. The van der Waals surface area contributed by atoms with Crippen LogP contribution in [0.4, 0.5) is 10.5 Å². The summed E-state index contributed by atoms with van der Waals surface area (Å²) < 4.78 is 10.4. The highest BCUT2D eigenvalue weighted by Crippen LogP contribution is 2.28. The molecule has 2 amide bonds. The molecule has 0 aromatic heterocycles. The first-order valence-corrected chi connectivity index (χ1v) is 8.51. The Labute approximate surface area is 154 Å². The van der Waals surface area contributed by atoms with E-state index in [4.69, 9.17) is 9.47 Å². The van der Waals surface area contributed by atoms with Gasteiger partial charge in [0.1, 0.15) is 6.61 Å². The highest BCUT2D eigenvalue weighted by atomic mass is 16.6. The Balaban J connectivity index is 3.23. The van der Waals surface area contributed by atoms with E-state index in [1.165, 1.54) is 0 Å². The molecule has 0 aliphatic rings. The Kier molecular flexibility index (Phi) is 7.76. The van der Waals surface area contributed by atoms with Crippen LogP contribution in [0.5, 0.6) is 0 Å². The molecule has 1 aromatic carbocycles. The zero-order valence-corrected chi connectivity index (χ0v) is 16.3. The maximum Gasteiger partial charge on any atom is 0.421 e. The number of anilines is 1. The van der Waals surface area contributed by atoms with E-state index in [-0.39, 0.29) is 19.3 Å². The van der Waals surface area contributed by atoms with Crippen LogP contribution in [0.15, 0.2) is 24.3 Å². The van der Waals surface area contributed by atoms with E-state index in [9.17, 15) is 14.4 Å². The number of amides is 2. The topological polar surface area (TPSA) is 84.9 Å². The lowest BCUT2D eigenvalue weighted by molar-refractivity contribution is -0.143. The van der Waals surface area contributed by atoms with E-state index < -0.39 is 23.4 Å². The number of carbonyl (C=O) groups excluding carboxylic acids is 3. The first-order valence-electron chi connectivity index (χ1n) is 8.51. The van der Waals surface area contributed by atoms with Gasteiger partial charge in [-0.1, -0.05) is 39.0 Å². The van der Waals surface area contributed by atoms with Gasteiger partial charge in [0.05, 0.1) is 18.3 Å². The zero-order chi connectivity index (χ0) is 19.9. The molecule has 0 radical (unpaired) electrons. The predicted molar refractivity (Wildman–Crippen MR) is 98.7 cm³/mol. The molecule has 1 N–H and O–H groups in total. The van der Waals surface area contributed by atoms with Crippen LogP contribution >= 0.6 is 0 Å². The summed E-state index contributed by atoms with van der Waals surface area (Å²) in [6.07, 6.45) is -1.13. The van der Waals surface area contributed by atoms with Gasteiger partial charge < -0.3 is 14.8 Å². The Morgan fingerprint density at radius 3 is 2.31 bits per heavy atom. The molecule has 1 rings (SSSR count). The Morgan fingerprint density at radius 1 is 1.15 bits per heavy atom. The van der Waals surface area contributed by atoms with Crippen molar-refractivity contribution in [2.24, 2.45) is 5.41 Å². The van der Waals surface area contributed by atoms with Gasteiger partial charge in [-0.05, 0) is 27.0 Å². The minimum absolute atomic E-state index is 0.0560. The fourth-order valence-corrected chi connectivity index (χ4v) is 2.09. The number of ether oxygens (including phenoxy) is 2. The van der Waals surface area contributed by atoms with E-state index in [2.05, 4.69) is 5.32 Å². The number of esters is 1. The molecular weight excluding hydrogens is 336 g/mol. The summed E-state index contributed by atoms with van der Waals surface area (Å²) in [5.74, 6) is -0.835. The lowest BCUT2D eigenvalue weighted by atomic mass is 9.94. The van der Waals surface area contributed by atoms with E-state index in [1.807, 2.05) is 0 Å². The highest BCUT2D eigenvalue weighted by Gasteiger charge is 2.35. The Hall–Kier alpha value is -2.41. The summed E-state index contributed by atoms with van der Waals surface area (Å²) in [5.41, 5.74) is 0.0805. The quantitative estimate of drug-likeness (QED) is 0.781. The van der Waals surface area contributed by atoms with Gasteiger partial charge in [0.2, 0.25) is 5.91 Å². The molecule has 7 heteroatoms. The van der Waals surface area contributed by atoms with Gasteiger partial charge in [-0.15, -0.1) is 0 Å². The number of nitrogens with one attached hydrogen (secondary N) is 1. The van der Waals surface area contributed by atoms with Crippen LogP contribution in [0.3, 0.4) is 0 Å². The number of para-hydroxylation sites is 1. The Bertz CT molecular complexity index is 650. The van der Waals surface area contributed by atoms with Crippen LogP contribution in [0, 0.1) is 5.41 Å². The first-order chi connectivity index (χ1) is 12.1. The third-order valence-corrected chi connectivity index (χ3v) is 3.31. The smallest absolute Gasteiger partial charge is 0.421 e. The second-order valence-electron chi connectivity index (χ2n) is 7.14. The SMILES string of the molecule is CNCC(=O)OCc1ccccc1N(C(=O)OC(C)C)C(=O)C(C)(C)C. The molecule has 0 atom stereocenters. The lowest BCUT2D eigenvalue weighted by Crippen LogP contribution is -2.45. The number of carbonyl (C=O) groups is 3. The largest absolute Gasteiger partial charge is 0.460 e. The third-order valence-electron chi connectivity index (χ3n) is 3.31. The molecule has 0 saturated heterocycles. The maximum atomic E-state index is 12.9. The number of imide groups is 1. The number of hydrogen-bond donors (Lipinski definition) is 1. The average molecular weight is 364 g/mol. The van der Waals surface area contributed by atoms with Crippen molar-refractivity contribution in [3.63, 3.8) is 0 Å². The van der Waals surface area contributed by atoms with Crippen molar-refractivity contribution in [3.8, 4) is 0 Å². The molecule has 0 unspecified atom stereocenters. The van der Waals surface area contributed by atoms with Crippen LogP contribution in [-0.2, 0) is 25.7 Å². The highest BCUT2D eigenvalue weighted by molar-refractivity contribution is 6.14. The number of benzene rings is 1. The van der Waals surface area contributed by atoms with Crippen LogP contribution < -0.4 is 10.2 Å². The van der Waals surface area contributed by atoms with Crippen LogP contribution in [0.2, 0.25) is 0 Å². The molecule has 0 aliphatic heterocycles. The molecule has 0 saturated carbocycles. The summed E-state index contributed by atoms with van der Waals surface area (Å²) in [4.78, 5) is 38.1. The van der Waals surface area contributed by atoms with E-state index in [1.54, 1.807) is 65.9 Å². The molecular formula is C19H28N2O5. The standard InChI is InChI=1S/C19H28N2O5/c1-13(2)26-18(24)21(17(23)19(3,4)5)15-10-8-7-9-14(15)12-25-16(22)11-20-6/h7-10,13,20H,11-12H2,1-6H3. The lowest BCUT2D eigenvalue weighted by Gasteiger charge is -2.29. The Morgan fingerprint density at radius 2 is 1.77 bits per heavy atom. The maximum absolute atomic E-state index is 12.9. The van der Waals surface area contributed by atoms with Crippen LogP contribution in [0.1, 0.15) is 40.2 Å². The van der Waals surface area contributed by atoms with Crippen LogP contribution in [0.25, 0.3) is 0 Å². The van der Waals surface area contributed by atoms with Gasteiger partial charge in [-0.25, -0.2) is 9.69 Å². The van der Waals surface area contributed by atoms with Crippen LogP contribution in [-0.4, -0.2) is 37.7 Å². The molecule has 0 aliphatic carbocycles. The summed E-state index contributed by atoms with van der Waals surface area (Å²) in [5, 5.41) is 2.71. The molecule has 144 valence electrons. The van der Waals surface area contributed by atoms with Crippen molar-refractivity contribution in [1.82, 2.24) is 5.32 Å². The van der Waals surface area contributed by atoms with E-state index in [0.717, 1.165) is 4.90 Å². The molecule has 0 bridgehead atoms. The summed E-state index contributed by atoms with van der Waals surface area (Å²) in [6, 6.07) is 6.79. The van der Waals surface area contributed by atoms with Crippen molar-refractivity contribution in [2.45, 2.75) is 47.3 Å². The molecule has 1 aromatic rings.